The molecule has 1 aliphatic heterocycles. The number of rotatable bonds is 36. The highest BCUT2D eigenvalue weighted by molar-refractivity contribution is 5.99. The van der Waals surface area contributed by atoms with Crippen LogP contribution in [-0.2, 0) is 64.0 Å². The number of nitrogens with two attached hydrogens (primary N) is 4. The van der Waals surface area contributed by atoms with Crippen molar-refractivity contribution in [1.29, 1.82) is 0 Å². The second kappa shape index (κ2) is 34.5. The summed E-state index contributed by atoms with van der Waals surface area (Å²) >= 11 is 0. The number of nitrogens with zero attached hydrogens (tertiary/aromatic N) is 1. The summed E-state index contributed by atoms with van der Waals surface area (Å²) in [5.41, 5.74) is 23.1. The molecule has 0 radical (unpaired) electrons. The number of unbranched alkanes of at least 4 members (excludes halogenated alkanes) is 2. The highest BCUT2D eigenvalue weighted by Crippen LogP contribution is 2.21. The first-order valence-electron chi connectivity index (χ1n) is 26.5. The summed E-state index contributed by atoms with van der Waals surface area (Å²) in [6.45, 7) is 8.36. The van der Waals surface area contributed by atoms with Crippen molar-refractivity contribution in [2.75, 3.05) is 26.2 Å². The molecule has 27 nitrogen and oxygen atoms in total. The van der Waals surface area contributed by atoms with Crippen LogP contribution in [0.5, 0.6) is 0 Å². The maximum atomic E-state index is 14.2. The molecule has 0 aromatic heterocycles. The number of hydrogen-bond donors (Lipinski definition) is 14. The van der Waals surface area contributed by atoms with Gasteiger partial charge in [-0.3, -0.25) is 52.7 Å². The monoisotopic (exact) mass is 1100 g/mol. The molecule has 0 bridgehead atoms. The number of benzene rings is 1. The number of carbonyl (C=O) groups excluding carboxylic acids is 10. The molecule has 18 N–H and O–H groups in total. The lowest BCUT2D eigenvalue weighted by molar-refractivity contribution is -0.143. The Morgan fingerprint density at radius 3 is 1.76 bits per heavy atom. The van der Waals surface area contributed by atoms with Crippen LogP contribution >= 0.6 is 0 Å². The average Bonchev–Trinajstić information content (AvgIpc) is 3.88. The molecule has 2 rings (SSSR count). The quantitative estimate of drug-likeness (QED) is 0.0295. The van der Waals surface area contributed by atoms with Crippen LogP contribution in [0.3, 0.4) is 0 Å². The fourth-order valence-electron chi connectivity index (χ4n) is 8.45. The largest absolute Gasteiger partial charge is 0.481 e. The normalized spacial score (nSPS) is 16.5. The van der Waals surface area contributed by atoms with Crippen LogP contribution in [0.15, 0.2) is 30.3 Å². The molecule has 1 fully saturated rings. The second-order valence-electron chi connectivity index (χ2n) is 20.0. The van der Waals surface area contributed by atoms with Crippen molar-refractivity contribution in [2.45, 2.75) is 172 Å². The first-order chi connectivity index (χ1) is 36.8. The van der Waals surface area contributed by atoms with Crippen molar-refractivity contribution >= 4 is 71.0 Å². The standard InChI is InChI=1S/C51H83N13O14/c1-6-29(4)42(49(75)56-27-40(66)58-34(51(77)78)18-11-13-21-53)63-47(73)35(24-31-15-8-7-9-16-31)62-46(72)37(26-41(67)68)60-43(69)30(5)57-48(74)38-19-14-22-64(38)50(76)33(17-10-12-20-52)59-45(71)36(25-39(55)65)61-44(70)32(54)23-28(2)3/h7-9,15-16,28-30,32-38,42H,6,10-14,17-27,52-54H2,1-5H3,(H2,55,65)(H,56,75)(H,57,74)(H,58,66)(H,59,71)(H,60,69)(H,61,70)(H,62,72)(H,63,73)(H,67,68)(H,77,78)/t29-,30-,32-,33-,34-,35-,36-,37-,38-,42-/m0/s1. The second-order valence-corrected chi connectivity index (χ2v) is 20.0. The molecule has 1 saturated heterocycles. The average molecular weight is 1100 g/mol. The fraction of sp³-hybridized carbons (Fsp3) is 0.647. The van der Waals surface area contributed by atoms with E-state index in [0.29, 0.717) is 50.6 Å². The number of aliphatic carboxylic acids is 2. The molecule has 78 heavy (non-hydrogen) atoms. The minimum atomic E-state index is -1.82. The van der Waals surface area contributed by atoms with Gasteiger partial charge in [0.25, 0.3) is 0 Å². The van der Waals surface area contributed by atoms with E-state index in [-0.39, 0.29) is 51.1 Å². The van der Waals surface area contributed by atoms with Gasteiger partial charge in [-0.05, 0) is 95.2 Å². The molecule has 1 aromatic rings. The summed E-state index contributed by atoms with van der Waals surface area (Å²) in [6, 6.07) is -3.82. The predicted octanol–water partition coefficient (Wildman–Crippen LogP) is -3.14. The van der Waals surface area contributed by atoms with Gasteiger partial charge < -0.3 is 80.6 Å². The molecular formula is C51H83N13O14. The van der Waals surface area contributed by atoms with Crippen LogP contribution in [0.4, 0.5) is 0 Å². The van der Waals surface area contributed by atoms with Crippen LogP contribution in [0.2, 0.25) is 0 Å². The van der Waals surface area contributed by atoms with Crippen LogP contribution in [0.1, 0.15) is 117 Å². The van der Waals surface area contributed by atoms with Gasteiger partial charge in [-0.25, -0.2) is 4.79 Å². The highest BCUT2D eigenvalue weighted by Gasteiger charge is 2.40. The van der Waals surface area contributed by atoms with Gasteiger partial charge in [0, 0.05) is 13.0 Å². The van der Waals surface area contributed by atoms with E-state index < -0.39 is 151 Å². The summed E-state index contributed by atoms with van der Waals surface area (Å²) in [5, 5.41) is 39.2. The van der Waals surface area contributed by atoms with Crippen molar-refractivity contribution in [2.24, 2.45) is 34.8 Å². The van der Waals surface area contributed by atoms with Crippen LogP contribution < -0.4 is 65.5 Å². The van der Waals surface area contributed by atoms with Crippen molar-refractivity contribution in [3.8, 4) is 0 Å². The molecule has 0 saturated carbocycles. The van der Waals surface area contributed by atoms with Crippen molar-refractivity contribution in [3.05, 3.63) is 35.9 Å². The zero-order chi connectivity index (χ0) is 58.6. The number of hydrogen-bond acceptors (Lipinski definition) is 15. The van der Waals surface area contributed by atoms with Crippen LogP contribution in [0.25, 0.3) is 0 Å². The Hall–Kier alpha value is -7.26. The van der Waals surface area contributed by atoms with E-state index in [0.717, 1.165) is 0 Å². The Balaban J connectivity index is 2.29. The topological polar surface area (TPSA) is 449 Å². The first-order valence-corrected chi connectivity index (χ1v) is 26.5. The van der Waals surface area contributed by atoms with Crippen molar-refractivity contribution in [3.63, 3.8) is 0 Å². The lowest BCUT2D eigenvalue weighted by Crippen LogP contribution is -2.60. The molecule has 10 atom stereocenters. The predicted molar refractivity (Wildman–Crippen MR) is 283 cm³/mol. The lowest BCUT2D eigenvalue weighted by atomic mass is 9.97. The van der Waals surface area contributed by atoms with Crippen molar-refractivity contribution < 1.29 is 67.7 Å². The minimum Gasteiger partial charge on any atom is -0.481 e. The zero-order valence-corrected chi connectivity index (χ0v) is 45.3. The molecule has 0 unspecified atom stereocenters. The van der Waals surface area contributed by atoms with Gasteiger partial charge >= 0.3 is 11.9 Å². The Kier molecular flexibility index (Phi) is 29.6. The van der Waals surface area contributed by atoms with E-state index in [4.69, 9.17) is 22.9 Å². The molecule has 10 amide bonds. The third-order valence-corrected chi connectivity index (χ3v) is 13.0. The molecule has 0 spiro atoms. The molecular weight excluding hydrogens is 1020 g/mol. The van der Waals surface area contributed by atoms with Gasteiger partial charge in [-0.15, -0.1) is 0 Å². The molecule has 27 heteroatoms. The Bertz CT molecular complexity index is 2220. The molecule has 0 aliphatic carbocycles. The lowest BCUT2D eigenvalue weighted by Gasteiger charge is -2.30. The van der Waals surface area contributed by atoms with Crippen molar-refractivity contribution in [1.82, 2.24) is 47.4 Å². The Morgan fingerprint density at radius 2 is 1.21 bits per heavy atom. The minimum absolute atomic E-state index is 0.0329. The Labute approximate surface area is 454 Å². The van der Waals surface area contributed by atoms with Crippen LogP contribution in [-0.4, -0.2) is 167 Å². The number of carbonyl (C=O) groups is 12. The number of amides is 10. The molecule has 1 aliphatic rings. The smallest absolute Gasteiger partial charge is 0.326 e. The van der Waals surface area contributed by atoms with Gasteiger partial charge in [0.2, 0.25) is 59.1 Å². The van der Waals surface area contributed by atoms with E-state index >= 15 is 0 Å². The number of nitrogens with one attached hydrogen (secondary N) is 8. The number of primary amides is 1. The van der Waals surface area contributed by atoms with Crippen LogP contribution in [0, 0.1) is 11.8 Å². The molecule has 1 aromatic carbocycles. The van der Waals surface area contributed by atoms with Gasteiger partial charge in [0.1, 0.15) is 48.3 Å². The summed E-state index contributed by atoms with van der Waals surface area (Å²) in [4.78, 5) is 160. The maximum absolute atomic E-state index is 14.2. The van der Waals surface area contributed by atoms with Gasteiger partial charge in [0.05, 0.1) is 25.4 Å². The SMILES string of the molecule is CC[C@H](C)[C@H](NC(=O)[C@H](Cc1ccccc1)NC(=O)[C@H](CC(=O)O)NC(=O)[C@H](C)NC(=O)[C@@H]1CCCN1C(=O)[C@H](CCCCN)NC(=O)[C@H](CC(N)=O)NC(=O)[C@@H](N)CC(C)C)C(=O)NCC(=O)N[C@@H](CCCCN)C(=O)O. The highest BCUT2D eigenvalue weighted by atomic mass is 16.4. The summed E-state index contributed by atoms with van der Waals surface area (Å²) < 4.78 is 0. The zero-order valence-electron chi connectivity index (χ0n) is 45.3. The number of carboxylic acid groups (broad SMARTS) is 2. The van der Waals surface area contributed by atoms with E-state index in [9.17, 15) is 67.7 Å². The summed E-state index contributed by atoms with van der Waals surface area (Å²) in [5.74, 6) is -11.9. The number of carboxylic acids is 2. The third kappa shape index (κ3) is 23.5. The van der Waals surface area contributed by atoms with Gasteiger partial charge in [-0.1, -0.05) is 64.4 Å². The fourth-order valence-corrected chi connectivity index (χ4v) is 8.45. The van der Waals surface area contributed by atoms with Gasteiger partial charge in [-0.2, -0.15) is 0 Å². The van der Waals surface area contributed by atoms with E-state index in [1.165, 1.54) is 11.8 Å². The van der Waals surface area contributed by atoms with E-state index in [2.05, 4.69) is 42.5 Å². The molecule has 1 heterocycles. The first kappa shape index (κ1) is 66.9. The maximum Gasteiger partial charge on any atom is 0.326 e. The third-order valence-electron chi connectivity index (χ3n) is 13.0. The van der Waals surface area contributed by atoms with Gasteiger partial charge in [0.15, 0.2) is 0 Å². The summed E-state index contributed by atoms with van der Waals surface area (Å²) in [6.07, 6.45) is 1.28. The van der Waals surface area contributed by atoms with E-state index in [1.807, 2.05) is 13.8 Å². The Morgan fingerprint density at radius 1 is 0.654 bits per heavy atom. The number of likely N-dealkylation sites (tertiary alicyclic amines) is 1. The molecule has 436 valence electrons. The van der Waals surface area contributed by atoms with E-state index in [1.54, 1.807) is 44.2 Å². The summed E-state index contributed by atoms with van der Waals surface area (Å²) in [7, 11) is 0.